The first-order chi connectivity index (χ1) is 9.33. The molecule has 1 aliphatic heterocycles. The molecule has 2 N–H and O–H groups in total. The van der Waals surface area contributed by atoms with Gasteiger partial charge in [0.2, 0.25) is 0 Å². The van der Waals surface area contributed by atoms with Crippen LogP contribution in [0.25, 0.3) is 0 Å². The lowest BCUT2D eigenvalue weighted by Crippen LogP contribution is -2.33. The van der Waals surface area contributed by atoms with Gasteiger partial charge in [0.15, 0.2) is 0 Å². The zero-order chi connectivity index (χ0) is 12.8. The van der Waals surface area contributed by atoms with Crippen LogP contribution in [-0.4, -0.2) is 16.5 Å². The summed E-state index contributed by atoms with van der Waals surface area (Å²) in [6.07, 6.45) is 1.75. The molecule has 1 aliphatic carbocycles. The first-order valence-electron chi connectivity index (χ1n) is 6.73. The Hall–Kier alpha value is -1.94. The van der Waals surface area contributed by atoms with Crippen molar-refractivity contribution in [3.05, 3.63) is 62.8 Å². The Bertz CT molecular complexity index is 705. The average molecular weight is 253 g/mol. The van der Waals surface area contributed by atoms with Crippen LogP contribution >= 0.6 is 0 Å². The van der Waals surface area contributed by atoms with Crippen molar-refractivity contribution < 1.29 is 0 Å². The Kier molecular flexibility index (Phi) is 2.32. The molecule has 4 heteroatoms. The zero-order valence-corrected chi connectivity index (χ0v) is 10.6. The fraction of sp³-hybridized carbons (Fsp3) is 0.333. The number of fused-ring (bicyclic) bond motifs is 2. The van der Waals surface area contributed by atoms with Crippen LogP contribution in [-0.2, 0) is 19.4 Å². The number of hydrogen-bond donors (Lipinski definition) is 2. The van der Waals surface area contributed by atoms with E-state index in [9.17, 15) is 4.79 Å². The Balaban J connectivity index is 1.78. The molecule has 1 unspecified atom stereocenters. The molecular formula is C15H15N3O. The first kappa shape index (κ1) is 10.9. The van der Waals surface area contributed by atoms with Crippen molar-refractivity contribution >= 4 is 0 Å². The van der Waals surface area contributed by atoms with E-state index in [2.05, 4.69) is 33.5 Å². The minimum absolute atomic E-state index is 0.0471. The summed E-state index contributed by atoms with van der Waals surface area (Å²) in [6.45, 7) is 1.57. The maximum atomic E-state index is 12.1. The second-order valence-corrected chi connectivity index (χ2v) is 5.26. The van der Waals surface area contributed by atoms with E-state index >= 15 is 0 Å². The lowest BCUT2D eigenvalue weighted by atomic mass is 9.77. The highest BCUT2D eigenvalue weighted by molar-refractivity contribution is 5.44. The van der Waals surface area contributed by atoms with Crippen LogP contribution in [0, 0.1) is 0 Å². The number of hydrogen-bond acceptors (Lipinski definition) is 3. The van der Waals surface area contributed by atoms with Crippen LogP contribution in [0.5, 0.6) is 0 Å². The smallest absolute Gasteiger partial charge is 0.254 e. The van der Waals surface area contributed by atoms with Gasteiger partial charge < -0.3 is 10.3 Å². The van der Waals surface area contributed by atoms with Crippen molar-refractivity contribution in [3.63, 3.8) is 0 Å². The molecular weight excluding hydrogens is 238 g/mol. The van der Waals surface area contributed by atoms with Crippen molar-refractivity contribution in [1.29, 1.82) is 0 Å². The summed E-state index contributed by atoms with van der Waals surface area (Å²) in [4.78, 5) is 19.8. The van der Waals surface area contributed by atoms with E-state index in [1.807, 2.05) is 6.07 Å². The third-order valence-corrected chi connectivity index (χ3v) is 4.15. The Morgan fingerprint density at radius 3 is 3.05 bits per heavy atom. The molecule has 0 saturated heterocycles. The topological polar surface area (TPSA) is 57.8 Å². The van der Waals surface area contributed by atoms with Gasteiger partial charge in [0, 0.05) is 18.0 Å². The van der Waals surface area contributed by atoms with Gasteiger partial charge in [-0.15, -0.1) is 0 Å². The number of aromatic amines is 1. The van der Waals surface area contributed by atoms with Crippen LogP contribution < -0.4 is 10.9 Å². The van der Waals surface area contributed by atoms with E-state index in [0.29, 0.717) is 6.54 Å². The van der Waals surface area contributed by atoms with Gasteiger partial charge in [-0.3, -0.25) is 4.79 Å². The predicted molar refractivity (Wildman–Crippen MR) is 72.3 cm³/mol. The molecule has 96 valence electrons. The van der Waals surface area contributed by atoms with Crippen LogP contribution in [0.15, 0.2) is 29.1 Å². The quantitative estimate of drug-likeness (QED) is 0.800. The summed E-state index contributed by atoms with van der Waals surface area (Å²) in [5.41, 5.74) is 4.50. The van der Waals surface area contributed by atoms with Gasteiger partial charge in [-0.05, 0) is 30.5 Å². The maximum Gasteiger partial charge on any atom is 0.254 e. The molecule has 2 aromatic rings. The Labute approximate surface area is 110 Å². The van der Waals surface area contributed by atoms with Crippen molar-refractivity contribution in [1.82, 2.24) is 15.3 Å². The van der Waals surface area contributed by atoms with E-state index in [1.165, 1.54) is 11.1 Å². The van der Waals surface area contributed by atoms with Crippen LogP contribution in [0.1, 0.15) is 34.1 Å². The SMILES string of the molecule is O=c1[nH]c(C2Cc3ccccc32)nc2c1CCNC2. The van der Waals surface area contributed by atoms with Crippen LogP contribution in [0.2, 0.25) is 0 Å². The van der Waals surface area contributed by atoms with Crippen LogP contribution in [0.3, 0.4) is 0 Å². The van der Waals surface area contributed by atoms with E-state index in [0.717, 1.165) is 36.5 Å². The lowest BCUT2D eigenvalue weighted by Gasteiger charge is -2.30. The summed E-state index contributed by atoms with van der Waals surface area (Å²) < 4.78 is 0. The average Bonchev–Trinajstić information content (AvgIpc) is 2.40. The lowest BCUT2D eigenvalue weighted by molar-refractivity contribution is 0.590. The van der Waals surface area contributed by atoms with Gasteiger partial charge in [-0.2, -0.15) is 0 Å². The highest BCUT2D eigenvalue weighted by Crippen LogP contribution is 2.38. The number of H-pyrrole nitrogens is 1. The van der Waals surface area contributed by atoms with Gasteiger partial charge in [0.1, 0.15) is 5.82 Å². The summed E-state index contributed by atoms with van der Waals surface area (Å²) in [6, 6.07) is 8.37. The largest absolute Gasteiger partial charge is 0.311 e. The summed E-state index contributed by atoms with van der Waals surface area (Å²) >= 11 is 0. The van der Waals surface area contributed by atoms with E-state index in [1.54, 1.807) is 0 Å². The number of aromatic nitrogens is 2. The number of rotatable bonds is 1. The molecule has 0 bridgehead atoms. The van der Waals surface area contributed by atoms with E-state index < -0.39 is 0 Å². The minimum Gasteiger partial charge on any atom is -0.311 e. The normalized spacial score (nSPS) is 20.3. The van der Waals surface area contributed by atoms with Crippen molar-refractivity contribution in [3.8, 4) is 0 Å². The second-order valence-electron chi connectivity index (χ2n) is 5.26. The molecule has 1 aromatic carbocycles. The standard InChI is InChI=1S/C15H15N3O/c19-15-11-5-6-16-8-13(11)17-14(18-15)12-7-9-3-1-2-4-10(9)12/h1-4,12,16H,5-8H2,(H,17,18,19). The first-order valence-corrected chi connectivity index (χ1v) is 6.73. The third-order valence-electron chi connectivity index (χ3n) is 4.15. The summed E-state index contributed by atoms with van der Waals surface area (Å²) in [7, 11) is 0. The molecule has 0 spiro atoms. The van der Waals surface area contributed by atoms with E-state index in [4.69, 9.17) is 0 Å². The Morgan fingerprint density at radius 2 is 2.16 bits per heavy atom. The van der Waals surface area contributed by atoms with Crippen molar-refractivity contribution in [2.45, 2.75) is 25.3 Å². The Morgan fingerprint density at radius 1 is 1.26 bits per heavy atom. The zero-order valence-electron chi connectivity index (χ0n) is 10.6. The van der Waals surface area contributed by atoms with Crippen molar-refractivity contribution in [2.24, 2.45) is 0 Å². The van der Waals surface area contributed by atoms with Gasteiger partial charge in [0.25, 0.3) is 5.56 Å². The molecule has 4 nitrogen and oxygen atoms in total. The third kappa shape index (κ3) is 1.64. The predicted octanol–water partition coefficient (Wildman–Crippen LogP) is 1.10. The maximum absolute atomic E-state index is 12.1. The monoisotopic (exact) mass is 253 g/mol. The van der Waals surface area contributed by atoms with Gasteiger partial charge in [-0.25, -0.2) is 4.98 Å². The molecule has 19 heavy (non-hydrogen) atoms. The summed E-state index contributed by atoms with van der Waals surface area (Å²) in [5.74, 6) is 1.09. The molecule has 1 atom stereocenters. The fourth-order valence-corrected chi connectivity index (χ4v) is 3.06. The highest BCUT2D eigenvalue weighted by atomic mass is 16.1. The molecule has 0 fully saturated rings. The molecule has 2 heterocycles. The molecule has 0 saturated carbocycles. The van der Waals surface area contributed by atoms with Gasteiger partial charge in [0.05, 0.1) is 5.69 Å². The van der Waals surface area contributed by atoms with Gasteiger partial charge >= 0.3 is 0 Å². The van der Waals surface area contributed by atoms with Crippen molar-refractivity contribution in [2.75, 3.05) is 6.54 Å². The number of benzene rings is 1. The number of nitrogens with one attached hydrogen (secondary N) is 2. The minimum atomic E-state index is 0.0471. The van der Waals surface area contributed by atoms with Crippen LogP contribution in [0.4, 0.5) is 0 Å². The highest BCUT2D eigenvalue weighted by Gasteiger charge is 2.30. The fourth-order valence-electron chi connectivity index (χ4n) is 3.06. The molecule has 2 aliphatic rings. The molecule has 0 radical (unpaired) electrons. The molecule has 4 rings (SSSR count). The number of nitrogens with zero attached hydrogens (tertiary/aromatic N) is 1. The molecule has 0 amide bonds. The second kappa shape index (κ2) is 4.03. The summed E-state index contributed by atoms with van der Waals surface area (Å²) in [5, 5.41) is 3.27. The van der Waals surface area contributed by atoms with E-state index in [-0.39, 0.29) is 11.5 Å². The molecule has 1 aromatic heterocycles. The van der Waals surface area contributed by atoms with Gasteiger partial charge in [-0.1, -0.05) is 24.3 Å².